The van der Waals surface area contributed by atoms with E-state index in [4.69, 9.17) is 0 Å². The van der Waals surface area contributed by atoms with E-state index in [0.717, 1.165) is 24.6 Å². The zero-order chi connectivity index (χ0) is 21.0. The number of rotatable bonds is 3. The molecule has 0 radical (unpaired) electrons. The van der Waals surface area contributed by atoms with Gasteiger partial charge in [-0.15, -0.1) is 10.2 Å². The molecule has 30 heavy (non-hydrogen) atoms. The lowest BCUT2D eigenvalue weighted by molar-refractivity contribution is 0.176. The molecular weight excluding hydrogens is 385 g/mol. The molecule has 7 nitrogen and oxygen atoms in total. The Labute approximate surface area is 173 Å². The molecule has 4 heterocycles. The zero-order valence-electron chi connectivity index (χ0n) is 16.9. The third-order valence-corrected chi connectivity index (χ3v) is 6.54. The van der Waals surface area contributed by atoms with E-state index in [9.17, 15) is 14.3 Å². The van der Waals surface area contributed by atoms with E-state index in [-0.39, 0.29) is 23.4 Å². The molecule has 2 aromatic heterocycles. The Morgan fingerprint density at radius 1 is 1.23 bits per heavy atom. The van der Waals surface area contributed by atoms with Crippen molar-refractivity contribution in [2.45, 2.75) is 43.6 Å². The van der Waals surface area contributed by atoms with Gasteiger partial charge in [-0.3, -0.25) is 4.79 Å². The number of hydrogen-bond acceptors (Lipinski definition) is 6. The summed E-state index contributed by atoms with van der Waals surface area (Å²) in [6.07, 6.45) is 3.39. The van der Waals surface area contributed by atoms with Crippen molar-refractivity contribution in [3.8, 4) is 17.0 Å². The number of piperidine rings is 1. The first-order valence-electron chi connectivity index (χ1n) is 10.2. The molecule has 156 valence electrons. The lowest BCUT2D eigenvalue weighted by Crippen LogP contribution is -2.55. The first-order chi connectivity index (χ1) is 14.4. The highest BCUT2D eigenvalue weighted by molar-refractivity contribution is 5.89. The molecule has 0 amide bonds. The van der Waals surface area contributed by atoms with Crippen molar-refractivity contribution in [2.75, 3.05) is 11.9 Å². The first-order valence-corrected chi connectivity index (χ1v) is 10.2. The van der Waals surface area contributed by atoms with Crippen LogP contribution in [0.25, 0.3) is 22.0 Å². The van der Waals surface area contributed by atoms with Crippen LogP contribution in [0.5, 0.6) is 5.75 Å². The fourth-order valence-electron chi connectivity index (χ4n) is 4.76. The molecule has 0 saturated carbocycles. The van der Waals surface area contributed by atoms with Crippen LogP contribution in [0.15, 0.2) is 41.3 Å². The smallest absolute Gasteiger partial charge is 0.258 e. The number of hydrogen-bond donors (Lipinski definition) is 2. The van der Waals surface area contributed by atoms with Gasteiger partial charge in [-0.25, -0.2) is 4.39 Å². The van der Waals surface area contributed by atoms with Crippen LogP contribution < -0.4 is 15.8 Å². The Balaban J connectivity index is 1.44. The molecule has 8 heteroatoms. The fraction of sp³-hybridized carbons (Fsp3) is 0.409. The number of phenolic OH excluding ortho intramolecular Hbond substituents is 1. The Morgan fingerprint density at radius 3 is 2.83 bits per heavy atom. The minimum atomic E-state index is -0.942. The fourth-order valence-corrected chi connectivity index (χ4v) is 4.76. The largest absolute Gasteiger partial charge is 0.507 e. The maximum atomic E-state index is 14.9. The topological polar surface area (TPSA) is 83.3 Å². The summed E-state index contributed by atoms with van der Waals surface area (Å²) in [6.45, 7) is 0. The molecule has 0 spiro atoms. The number of anilines is 1. The van der Waals surface area contributed by atoms with Gasteiger partial charge >= 0.3 is 0 Å². The molecule has 2 unspecified atom stereocenters. The average Bonchev–Trinajstić information content (AvgIpc) is 3.17. The molecule has 4 atom stereocenters. The van der Waals surface area contributed by atoms with E-state index >= 15 is 0 Å². The molecule has 2 bridgehead atoms. The van der Waals surface area contributed by atoms with Gasteiger partial charge in [-0.1, -0.05) is 0 Å². The van der Waals surface area contributed by atoms with E-state index in [2.05, 4.69) is 15.5 Å². The summed E-state index contributed by atoms with van der Waals surface area (Å²) in [7, 11) is 3.53. The highest BCUT2D eigenvalue weighted by atomic mass is 19.1. The first kappa shape index (κ1) is 19.0. The molecule has 5 rings (SSSR count). The van der Waals surface area contributed by atoms with Gasteiger partial charge in [-0.2, -0.15) is 0 Å². The normalized spacial score (nSPS) is 25.6. The minimum Gasteiger partial charge on any atom is -0.507 e. The van der Waals surface area contributed by atoms with Crippen molar-refractivity contribution < 1.29 is 9.50 Å². The Kier molecular flexibility index (Phi) is 4.47. The third kappa shape index (κ3) is 3.02. The maximum Gasteiger partial charge on any atom is 0.258 e. The van der Waals surface area contributed by atoms with Crippen LogP contribution in [0.4, 0.5) is 10.2 Å². The number of aromatic hydroxyl groups is 1. The molecule has 2 aliphatic heterocycles. The number of halogens is 1. The summed E-state index contributed by atoms with van der Waals surface area (Å²) < 4.78 is 16.3. The van der Waals surface area contributed by atoms with Crippen LogP contribution >= 0.6 is 0 Å². The van der Waals surface area contributed by atoms with Crippen molar-refractivity contribution in [3.63, 3.8) is 0 Å². The molecule has 0 aliphatic carbocycles. The van der Waals surface area contributed by atoms with Crippen molar-refractivity contribution in [1.29, 1.82) is 0 Å². The summed E-state index contributed by atoms with van der Waals surface area (Å²) >= 11 is 0. The van der Waals surface area contributed by atoms with Gasteiger partial charge in [0.25, 0.3) is 5.56 Å². The van der Waals surface area contributed by atoms with Gasteiger partial charge in [0.2, 0.25) is 0 Å². The summed E-state index contributed by atoms with van der Waals surface area (Å²) in [6, 6.07) is 8.65. The molecule has 2 saturated heterocycles. The van der Waals surface area contributed by atoms with Gasteiger partial charge in [0.1, 0.15) is 11.9 Å². The summed E-state index contributed by atoms with van der Waals surface area (Å²) in [5, 5.41) is 23.6. The lowest BCUT2D eigenvalue weighted by atomic mass is 9.96. The summed E-state index contributed by atoms with van der Waals surface area (Å²) in [4.78, 5) is 14.1. The number of nitrogens with zero attached hydrogens (tertiary/aromatic N) is 4. The standard InChI is InChI=1S/C22H24FN5O2/c1-27-8-7-12-9-15(19(29)11-14(12)22(27)30)16-5-6-20(26-25-16)28(2)18-10-13-3-4-17(24-13)21(18)23/h5-9,11,13,17-18,21,24,29H,3-4,10H2,1-2H3/t13?,17?,18-,21+/m0/s1. The predicted octanol–water partition coefficient (Wildman–Crippen LogP) is 2.37. The molecule has 2 N–H and O–H groups in total. The number of alkyl halides is 1. The molecule has 2 fully saturated rings. The number of benzene rings is 1. The van der Waals surface area contributed by atoms with Crippen molar-refractivity contribution in [3.05, 3.63) is 46.9 Å². The molecule has 2 aliphatic rings. The van der Waals surface area contributed by atoms with E-state index in [0.29, 0.717) is 28.5 Å². The summed E-state index contributed by atoms with van der Waals surface area (Å²) in [5.41, 5.74) is 0.823. The van der Waals surface area contributed by atoms with E-state index in [1.54, 1.807) is 31.4 Å². The SMILES string of the molecule is CN(c1ccc(-c2cc3ccn(C)c(=O)c3cc2O)nn1)[C@H]1CC2CCC(N2)[C@H]1F. The second-order valence-corrected chi connectivity index (χ2v) is 8.37. The number of aromatic nitrogens is 3. The molecular formula is C22H24FN5O2. The lowest BCUT2D eigenvalue weighted by Gasteiger charge is -2.38. The Morgan fingerprint density at radius 2 is 2.07 bits per heavy atom. The van der Waals surface area contributed by atoms with Crippen LogP contribution in [-0.4, -0.2) is 51.2 Å². The predicted molar refractivity (Wildman–Crippen MR) is 114 cm³/mol. The van der Waals surface area contributed by atoms with E-state index in [1.807, 2.05) is 18.0 Å². The second kappa shape index (κ2) is 7.05. The van der Waals surface area contributed by atoms with Gasteiger partial charge in [-0.05, 0) is 55.0 Å². The van der Waals surface area contributed by atoms with Crippen LogP contribution in [0.1, 0.15) is 19.3 Å². The zero-order valence-corrected chi connectivity index (χ0v) is 16.9. The van der Waals surface area contributed by atoms with Crippen LogP contribution in [0.3, 0.4) is 0 Å². The van der Waals surface area contributed by atoms with Crippen LogP contribution in [0.2, 0.25) is 0 Å². The van der Waals surface area contributed by atoms with Crippen LogP contribution in [-0.2, 0) is 7.05 Å². The maximum absolute atomic E-state index is 14.9. The van der Waals surface area contributed by atoms with Gasteiger partial charge in [0.05, 0.1) is 17.1 Å². The Bertz CT molecular complexity index is 1160. The number of aryl methyl sites for hydroxylation is 1. The van der Waals surface area contributed by atoms with Crippen molar-refractivity contribution in [1.82, 2.24) is 20.1 Å². The minimum absolute atomic E-state index is 0.0278. The third-order valence-electron chi connectivity index (χ3n) is 6.54. The summed E-state index contributed by atoms with van der Waals surface area (Å²) in [5.74, 6) is 0.571. The number of nitrogens with one attached hydrogen (secondary N) is 1. The Hall–Kier alpha value is -3.00. The van der Waals surface area contributed by atoms with E-state index < -0.39 is 6.17 Å². The van der Waals surface area contributed by atoms with Gasteiger partial charge < -0.3 is 19.9 Å². The second-order valence-electron chi connectivity index (χ2n) is 8.37. The van der Waals surface area contributed by atoms with Crippen molar-refractivity contribution in [2.24, 2.45) is 7.05 Å². The van der Waals surface area contributed by atoms with Crippen molar-refractivity contribution >= 4 is 16.6 Å². The monoisotopic (exact) mass is 409 g/mol. The number of pyridine rings is 1. The van der Waals surface area contributed by atoms with Crippen LogP contribution in [0, 0.1) is 0 Å². The van der Waals surface area contributed by atoms with Gasteiger partial charge in [0.15, 0.2) is 5.82 Å². The number of fused-ring (bicyclic) bond motifs is 3. The molecule has 1 aromatic carbocycles. The van der Waals surface area contributed by atoms with Gasteiger partial charge in [0, 0.05) is 37.9 Å². The molecule has 3 aromatic rings. The quantitative estimate of drug-likeness (QED) is 0.691. The highest BCUT2D eigenvalue weighted by Crippen LogP contribution is 2.34. The highest BCUT2D eigenvalue weighted by Gasteiger charge is 2.43. The average molecular weight is 409 g/mol. The number of phenols is 1. The van der Waals surface area contributed by atoms with E-state index in [1.165, 1.54) is 10.6 Å².